The molecule has 4 heteroatoms. The van der Waals surface area contributed by atoms with Crippen molar-refractivity contribution in [2.24, 2.45) is 5.92 Å². The maximum absolute atomic E-state index is 12.2. The number of amides is 1. The fourth-order valence-electron chi connectivity index (χ4n) is 2.81. The second-order valence-electron chi connectivity index (χ2n) is 5.45. The molecule has 0 radical (unpaired) electrons. The predicted octanol–water partition coefficient (Wildman–Crippen LogP) is 2.85. The molecule has 0 spiro atoms. The zero-order chi connectivity index (χ0) is 15.3. The van der Waals surface area contributed by atoms with Crippen LogP contribution in [0.3, 0.4) is 0 Å². The summed E-state index contributed by atoms with van der Waals surface area (Å²) in [6.07, 6.45) is 6.71. The van der Waals surface area contributed by atoms with Crippen LogP contribution in [0.4, 0.5) is 0 Å². The van der Waals surface area contributed by atoms with Gasteiger partial charge in [0.1, 0.15) is 0 Å². The highest BCUT2D eigenvalue weighted by atomic mass is 16.4. The summed E-state index contributed by atoms with van der Waals surface area (Å²) in [4.78, 5) is 24.0. The average molecular weight is 287 g/mol. The molecule has 1 aliphatic rings. The number of carbonyl (C=O) groups is 2. The van der Waals surface area contributed by atoms with E-state index in [9.17, 15) is 14.7 Å². The van der Waals surface area contributed by atoms with E-state index in [4.69, 9.17) is 0 Å². The number of hydrogen-bond acceptors (Lipinski definition) is 2. The maximum atomic E-state index is 12.2. The van der Waals surface area contributed by atoms with Crippen LogP contribution in [0.2, 0.25) is 0 Å². The summed E-state index contributed by atoms with van der Waals surface area (Å²) in [5, 5.41) is 12.4. The first-order chi connectivity index (χ1) is 10.1. The van der Waals surface area contributed by atoms with Crippen molar-refractivity contribution in [2.45, 2.75) is 38.1 Å². The minimum Gasteiger partial charge on any atom is -0.479 e. The molecule has 1 aromatic carbocycles. The number of nitrogens with one attached hydrogen (secondary N) is 1. The molecule has 1 aliphatic carbocycles. The van der Waals surface area contributed by atoms with E-state index in [0.29, 0.717) is 18.4 Å². The summed E-state index contributed by atoms with van der Waals surface area (Å²) in [6, 6.07) is 8.89. The monoisotopic (exact) mass is 287 g/mol. The molecule has 112 valence electrons. The topological polar surface area (TPSA) is 66.4 Å². The zero-order valence-corrected chi connectivity index (χ0v) is 12.2. The van der Waals surface area contributed by atoms with Gasteiger partial charge in [-0.3, -0.25) is 4.79 Å². The van der Waals surface area contributed by atoms with Gasteiger partial charge in [0.2, 0.25) is 5.91 Å². The van der Waals surface area contributed by atoms with E-state index >= 15 is 0 Å². The number of carboxylic acids is 1. The molecule has 2 atom stereocenters. The number of allylic oxidation sites excluding steroid dienone is 2. The third-order valence-corrected chi connectivity index (χ3v) is 4.07. The minimum atomic E-state index is -1.35. The van der Waals surface area contributed by atoms with Gasteiger partial charge in [-0.25, -0.2) is 4.79 Å². The number of aliphatic carboxylic acids is 1. The quantitative estimate of drug-likeness (QED) is 0.791. The van der Waals surface area contributed by atoms with Crippen LogP contribution in [0.5, 0.6) is 0 Å². The Hall–Kier alpha value is -2.10. The highest BCUT2D eigenvalue weighted by Crippen LogP contribution is 2.27. The molecule has 0 fully saturated rings. The first-order valence-corrected chi connectivity index (χ1v) is 7.35. The molecule has 4 nitrogen and oxygen atoms in total. The second-order valence-corrected chi connectivity index (χ2v) is 5.45. The predicted molar refractivity (Wildman–Crippen MR) is 80.7 cm³/mol. The van der Waals surface area contributed by atoms with Crippen molar-refractivity contribution in [2.75, 3.05) is 0 Å². The van der Waals surface area contributed by atoms with Crippen molar-refractivity contribution in [1.82, 2.24) is 5.32 Å². The fourth-order valence-corrected chi connectivity index (χ4v) is 2.81. The lowest BCUT2D eigenvalue weighted by Crippen LogP contribution is -2.51. The van der Waals surface area contributed by atoms with Gasteiger partial charge in [-0.05, 0) is 30.7 Å². The van der Waals surface area contributed by atoms with Crippen LogP contribution in [0.25, 0.3) is 0 Å². The Morgan fingerprint density at radius 2 is 2.05 bits per heavy atom. The molecule has 0 heterocycles. The highest BCUT2D eigenvalue weighted by Gasteiger charge is 2.40. The molecule has 0 aromatic heterocycles. The van der Waals surface area contributed by atoms with Gasteiger partial charge in [-0.15, -0.1) is 0 Å². The Morgan fingerprint density at radius 1 is 1.33 bits per heavy atom. The molecule has 2 rings (SSSR count). The van der Waals surface area contributed by atoms with E-state index in [-0.39, 0.29) is 11.8 Å². The number of carbonyl (C=O) groups excluding carboxylic acids is 1. The van der Waals surface area contributed by atoms with E-state index < -0.39 is 11.5 Å². The van der Waals surface area contributed by atoms with Crippen molar-refractivity contribution >= 4 is 11.9 Å². The smallest absolute Gasteiger partial charge is 0.334 e. The molecule has 0 bridgehead atoms. The lowest BCUT2D eigenvalue weighted by Gasteiger charge is -2.30. The molecule has 0 aliphatic heterocycles. The molecular weight excluding hydrogens is 266 g/mol. The second kappa shape index (κ2) is 6.57. The lowest BCUT2D eigenvalue weighted by molar-refractivity contribution is -0.148. The molecule has 1 aromatic rings. The van der Waals surface area contributed by atoms with Crippen LogP contribution in [-0.4, -0.2) is 17.0 Å². The normalized spacial score (nSPS) is 20.0. The third-order valence-electron chi connectivity index (χ3n) is 4.07. The fraction of sp³-hybridized carbons (Fsp3) is 0.412. The van der Waals surface area contributed by atoms with Crippen LogP contribution in [0, 0.1) is 5.92 Å². The number of benzene rings is 1. The van der Waals surface area contributed by atoms with E-state index in [2.05, 4.69) is 11.4 Å². The van der Waals surface area contributed by atoms with Gasteiger partial charge < -0.3 is 10.4 Å². The zero-order valence-electron chi connectivity index (χ0n) is 12.2. The van der Waals surface area contributed by atoms with Crippen molar-refractivity contribution < 1.29 is 14.7 Å². The van der Waals surface area contributed by atoms with Gasteiger partial charge in [0.05, 0.1) is 0 Å². The van der Waals surface area contributed by atoms with Gasteiger partial charge in [0, 0.05) is 6.42 Å². The minimum absolute atomic E-state index is 0.209. The highest BCUT2D eigenvalue weighted by molar-refractivity contribution is 5.88. The van der Waals surface area contributed by atoms with Crippen LogP contribution in [-0.2, 0) is 15.1 Å². The summed E-state index contributed by atoms with van der Waals surface area (Å²) >= 11 is 0. The Bertz CT molecular complexity index is 538. The summed E-state index contributed by atoms with van der Waals surface area (Å²) in [5.41, 5.74) is -0.740. The molecule has 2 unspecified atom stereocenters. The average Bonchev–Trinajstić information content (AvgIpc) is 2.98. The SMILES string of the molecule is CCC(NC(=O)CC1C=CCC1)(C(=O)O)c1ccccc1. The molecule has 0 saturated carbocycles. The Kier molecular flexibility index (Phi) is 4.78. The molecule has 2 N–H and O–H groups in total. The van der Waals surface area contributed by atoms with Gasteiger partial charge >= 0.3 is 5.97 Å². The number of rotatable bonds is 6. The summed E-state index contributed by atoms with van der Waals surface area (Å²) in [7, 11) is 0. The van der Waals surface area contributed by atoms with Gasteiger partial charge in [0.15, 0.2) is 5.54 Å². The standard InChI is InChI=1S/C17H21NO3/c1-2-17(16(20)21,14-10-4-3-5-11-14)18-15(19)12-13-8-6-7-9-13/h3-6,8,10-11,13H,2,7,9,12H2,1H3,(H,18,19)(H,20,21). The maximum Gasteiger partial charge on any atom is 0.334 e. The molecule has 1 amide bonds. The third kappa shape index (κ3) is 3.32. The molecule has 21 heavy (non-hydrogen) atoms. The lowest BCUT2D eigenvalue weighted by atomic mass is 9.86. The summed E-state index contributed by atoms with van der Waals surface area (Å²) < 4.78 is 0. The van der Waals surface area contributed by atoms with Crippen LogP contribution in [0.1, 0.15) is 38.2 Å². The van der Waals surface area contributed by atoms with Crippen LogP contribution < -0.4 is 5.32 Å². The van der Waals surface area contributed by atoms with Crippen molar-refractivity contribution in [3.05, 3.63) is 48.0 Å². The largest absolute Gasteiger partial charge is 0.479 e. The first-order valence-electron chi connectivity index (χ1n) is 7.35. The Balaban J connectivity index is 2.18. The Labute approximate surface area is 124 Å². The van der Waals surface area contributed by atoms with Gasteiger partial charge in [0.25, 0.3) is 0 Å². The molecule has 0 saturated heterocycles. The van der Waals surface area contributed by atoms with Gasteiger partial charge in [-0.2, -0.15) is 0 Å². The van der Waals surface area contributed by atoms with Crippen LogP contribution in [0.15, 0.2) is 42.5 Å². The van der Waals surface area contributed by atoms with Crippen molar-refractivity contribution in [3.63, 3.8) is 0 Å². The number of carboxylic acid groups (broad SMARTS) is 1. The van der Waals surface area contributed by atoms with E-state index in [0.717, 1.165) is 12.8 Å². The van der Waals surface area contributed by atoms with E-state index in [1.807, 2.05) is 12.1 Å². The van der Waals surface area contributed by atoms with Crippen molar-refractivity contribution in [3.8, 4) is 0 Å². The van der Waals surface area contributed by atoms with Gasteiger partial charge in [-0.1, -0.05) is 49.4 Å². The first kappa shape index (κ1) is 15.3. The Morgan fingerprint density at radius 3 is 2.57 bits per heavy atom. The summed E-state index contributed by atoms with van der Waals surface area (Å²) in [6.45, 7) is 1.77. The van der Waals surface area contributed by atoms with E-state index in [1.54, 1.807) is 31.2 Å². The van der Waals surface area contributed by atoms with Crippen LogP contribution >= 0.6 is 0 Å². The van der Waals surface area contributed by atoms with E-state index in [1.165, 1.54) is 0 Å². The molecular formula is C17H21NO3. The van der Waals surface area contributed by atoms with Crippen molar-refractivity contribution in [1.29, 1.82) is 0 Å². The summed E-state index contributed by atoms with van der Waals surface area (Å²) in [5.74, 6) is -1.00. The number of hydrogen-bond donors (Lipinski definition) is 2.